The quantitative estimate of drug-likeness (QED) is 0.758. The molecule has 1 aliphatic carbocycles. The Bertz CT molecular complexity index is 408. The topological polar surface area (TPSA) is 17.1 Å². The van der Waals surface area contributed by atoms with Crippen LogP contribution in [-0.4, -0.2) is 5.78 Å². The van der Waals surface area contributed by atoms with Gasteiger partial charge in [-0.2, -0.15) is 0 Å². The molecule has 1 nitrogen and oxygen atoms in total. The van der Waals surface area contributed by atoms with Gasteiger partial charge in [0.25, 0.3) is 0 Å². The van der Waals surface area contributed by atoms with Crippen molar-refractivity contribution < 1.29 is 4.79 Å². The molecule has 1 fully saturated rings. The summed E-state index contributed by atoms with van der Waals surface area (Å²) in [6.45, 7) is 6.69. The number of ketones is 1. The van der Waals surface area contributed by atoms with E-state index < -0.39 is 0 Å². The molecule has 98 valence electrons. The number of Topliss-reactive ketones (excluding diaryl/α,β-unsaturated/α-hetero) is 1. The van der Waals surface area contributed by atoms with E-state index in [1.807, 2.05) is 0 Å². The summed E-state index contributed by atoms with van der Waals surface area (Å²) in [4.78, 5) is 11.8. The van der Waals surface area contributed by atoms with Crippen molar-refractivity contribution in [3.8, 4) is 0 Å². The van der Waals surface area contributed by atoms with Crippen LogP contribution < -0.4 is 0 Å². The zero-order valence-electron chi connectivity index (χ0n) is 11.8. The van der Waals surface area contributed by atoms with Gasteiger partial charge >= 0.3 is 0 Å². The van der Waals surface area contributed by atoms with Crippen molar-refractivity contribution in [1.29, 1.82) is 0 Å². The Morgan fingerprint density at radius 3 is 2.33 bits per heavy atom. The highest BCUT2D eigenvalue weighted by atomic mass is 16.1. The number of benzene rings is 1. The van der Waals surface area contributed by atoms with Crippen LogP contribution >= 0.6 is 0 Å². The largest absolute Gasteiger partial charge is 0.299 e. The van der Waals surface area contributed by atoms with Crippen molar-refractivity contribution in [1.82, 2.24) is 0 Å². The van der Waals surface area contributed by atoms with E-state index in [-0.39, 0.29) is 11.3 Å². The molecule has 0 saturated heterocycles. The smallest absolute Gasteiger partial charge is 0.136 e. The summed E-state index contributed by atoms with van der Waals surface area (Å²) in [7, 11) is 0. The van der Waals surface area contributed by atoms with Crippen LogP contribution in [0.25, 0.3) is 0 Å². The van der Waals surface area contributed by atoms with Crippen LogP contribution in [0.3, 0.4) is 0 Å². The molecule has 1 saturated carbocycles. The third-order valence-electron chi connectivity index (χ3n) is 3.98. The predicted molar refractivity (Wildman–Crippen MR) is 75.8 cm³/mol. The second kappa shape index (κ2) is 5.26. The first-order chi connectivity index (χ1) is 8.47. The van der Waals surface area contributed by atoms with Gasteiger partial charge in [-0.3, -0.25) is 4.79 Å². The van der Waals surface area contributed by atoms with Gasteiger partial charge in [-0.1, -0.05) is 51.5 Å². The molecule has 0 heterocycles. The second-order valence-corrected chi connectivity index (χ2v) is 6.56. The Kier molecular flexibility index (Phi) is 3.89. The summed E-state index contributed by atoms with van der Waals surface area (Å²) in [6, 6.07) is 8.82. The number of carbonyl (C=O) groups excluding carboxylic acids is 1. The van der Waals surface area contributed by atoms with Gasteiger partial charge in [-0.25, -0.2) is 0 Å². The van der Waals surface area contributed by atoms with Crippen LogP contribution in [0, 0.1) is 5.92 Å². The van der Waals surface area contributed by atoms with Crippen molar-refractivity contribution in [2.45, 2.75) is 58.3 Å². The van der Waals surface area contributed by atoms with E-state index in [0.717, 1.165) is 25.7 Å². The molecule has 0 N–H and O–H groups in total. The standard InChI is InChI=1S/C17H24O/c1-17(2,3)15-10-8-13(9-11-15)12-14-6-4-5-7-16(14)18/h8-11,14H,4-7,12H2,1-3H3/t14-/m0/s1. The Morgan fingerprint density at radius 1 is 1.11 bits per heavy atom. The van der Waals surface area contributed by atoms with Crippen molar-refractivity contribution in [2.24, 2.45) is 5.92 Å². The average molecular weight is 244 g/mol. The Balaban J connectivity index is 2.04. The maximum absolute atomic E-state index is 11.8. The van der Waals surface area contributed by atoms with Gasteiger partial charge < -0.3 is 0 Å². The summed E-state index contributed by atoms with van der Waals surface area (Å²) in [5.74, 6) is 0.750. The molecular formula is C17H24O. The van der Waals surface area contributed by atoms with Gasteiger partial charge in [-0.05, 0) is 35.8 Å². The van der Waals surface area contributed by atoms with Gasteiger partial charge in [0.1, 0.15) is 5.78 Å². The summed E-state index contributed by atoms with van der Waals surface area (Å²) in [5, 5.41) is 0. The molecule has 1 atom stereocenters. The van der Waals surface area contributed by atoms with Gasteiger partial charge in [0.15, 0.2) is 0 Å². The van der Waals surface area contributed by atoms with Crippen molar-refractivity contribution in [3.63, 3.8) is 0 Å². The minimum atomic E-state index is 0.208. The van der Waals surface area contributed by atoms with Crippen LogP contribution in [-0.2, 0) is 16.6 Å². The van der Waals surface area contributed by atoms with Crippen LogP contribution in [0.15, 0.2) is 24.3 Å². The van der Waals surface area contributed by atoms with Crippen LogP contribution in [0.2, 0.25) is 0 Å². The number of hydrogen-bond acceptors (Lipinski definition) is 1. The van der Waals surface area contributed by atoms with Gasteiger partial charge in [0.05, 0.1) is 0 Å². The fourth-order valence-electron chi connectivity index (χ4n) is 2.70. The first kappa shape index (κ1) is 13.3. The van der Waals surface area contributed by atoms with E-state index in [4.69, 9.17) is 0 Å². The molecule has 18 heavy (non-hydrogen) atoms. The van der Waals surface area contributed by atoms with E-state index in [9.17, 15) is 4.79 Å². The Morgan fingerprint density at radius 2 is 1.78 bits per heavy atom. The lowest BCUT2D eigenvalue weighted by Gasteiger charge is -2.22. The van der Waals surface area contributed by atoms with Crippen LogP contribution in [0.4, 0.5) is 0 Å². The highest BCUT2D eigenvalue weighted by Crippen LogP contribution is 2.26. The third-order valence-corrected chi connectivity index (χ3v) is 3.98. The lowest BCUT2D eigenvalue weighted by Crippen LogP contribution is -2.21. The van der Waals surface area contributed by atoms with E-state index in [0.29, 0.717) is 5.78 Å². The molecule has 1 aromatic rings. The molecule has 1 aromatic carbocycles. The molecule has 0 bridgehead atoms. The predicted octanol–water partition coefficient (Wildman–Crippen LogP) is 4.29. The highest BCUT2D eigenvalue weighted by molar-refractivity contribution is 5.81. The molecule has 0 aromatic heterocycles. The van der Waals surface area contributed by atoms with Crippen molar-refractivity contribution >= 4 is 5.78 Å². The van der Waals surface area contributed by atoms with Gasteiger partial charge in [0.2, 0.25) is 0 Å². The highest BCUT2D eigenvalue weighted by Gasteiger charge is 2.22. The molecule has 0 spiro atoms. The van der Waals surface area contributed by atoms with E-state index in [1.165, 1.54) is 17.5 Å². The minimum Gasteiger partial charge on any atom is -0.299 e. The normalized spacial score (nSPS) is 21.1. The summed E-state index contributed by atoms with van der Waals surface area (Å²) in [6.07, 6.45) is 5.13. The first-order valence-corrected chi connectivity index (χ1v) is 7.09. The lowest BCUT2D eigenvalue weighted by atomic mass is 9.82. The van der Waals surface area contributed by atoms with E-state index in [2.05, 4.69) is 45.0 Å². The fraction of sp³-hybridized carbons (Fsp3) is 0.588. The fourth-order valence-corrected chi connectivity index (χ4v) is 2.70. The first-order valence-electron chi connectivity index (χ1n) is 7.09. The molecule has 2 rings (SSSR count). The number of carbonyl (C=O) groups is 1. The van der Waals surface area contributed by atoms with E-state index >= 15 is 0 Å². The summed E-state index contributed by atoms with van der Waals surface area (Å²) < 4.78 is 0. The molecule has 0 amide bonds. The third kappa shape index (κ3) is 3.22. The molecule has 1 aliphatic rings. The lowest BCUT2D eigenvalue weighted by molar-refractivity contribution is -0.124. The molecule has 1 heteroatoms. The second-order valence-electron chi connectivity index (χ2n) is 6.56. The summed E-state index contributed by atoms with van der Waals surface area (Å²) >= 11 is 0. The number of rotatable bonds is 2. The SMILES string of the molecule is CC(C)(C)c1ccc(C[C@@H]2CCCCC2=O)cc1. The summed E-state index contributed by atoms with van der Waals surface area (Å²) in [5.41, 5.74) is 2.88. The minimum absolute atomic E-state index is 0.208. The molecule has 0 unspecified atom stereocenters. The van der Waals surface area contributed by atoms with Crippen LogP contribution in [0.1, 0.15) is 57.6 Å². The van der Waals surface area contributed by atoms with Crippen molar-refractivity contribution in [2.75, 3.05) is 0 Å². The van der Waals surface area contributed by atoms with Gasteiger partial charge in [0, 0.05) is 12.3 Å². The zero-order chi connectivity index (χ0) is 13.2. The number of hydrogen-bond donors (Lipinski definition) is 0. The molecular weight excluding hydrogens is 220 g/mol. The Labute approximate surface area is 111 Å². The monoisotopic (exact) mass is 244 g/mol. The van der Waals surface area contributed by atoms with E-state index in [1.54, 1.807) is 0 Å². The van der Waals surface area contributed by atoms with Gasteiger partial charge in [-0.15, -0.1) is 0 Å². The van der Waals surface area contributed by atoms with Crippen LogP contribution in [0.5, 0.6) is 0 Å². The zero-order valence-corrected chi connectivity index (χ0v) is 11.8. The molecule has 0 radical (unpaired) electrons. The Hall–Kier alpha value is -1.11. The molecule has 0 aliphatic heterocycles. The maximum atomic E-state index is 11.8. The maximum Gasteiger partial charge on any atom is 0.136 e. The average Bonchev–Trinajstić information content (AvgIpc) is 2.32. The van der Waals surface area contributed by atoms with Crippen molar-refractivity contribution in [3.05, 3.63) is 35.4 Å².